The molecule has 18 N–H and O–H groups in total. The highest BCUT2D eigenvalue weighted by Gasteiger charge is 2.49. The molecular formula is C59H77N13O19. The first-order valence-electron chi connectivity index (χ1n) is 29.4. The maximum absolute atomic E-state index is 15.3. The molecule has 3 saturated heterocycles. The number of rotatable bonds is 13. The van der Waals surface area contributed by atoms with Crippen molar-refractivity contribution < 1.29 is 92.9 Å². The number of carboxylic acids is 1. The summed E-state index contributed by atoms with van der Waals surface area (Å²) in [5.41, 5.74) is 7.01. The van der Waals surface area contributed by atoms with Crippen LogP contribution in [0.5, 0.6) is 0 Å². The van der Waals surface area contributed by atoms with Gasteiger partial charge in [0.05, 0.1) is 44.0 Å². The zero-order chi connectivity index (χ0) is 66.9. The van der Waals surface area contributed by atoms with Crippen molar-refractivity contribution in [3.05, 3.63) is 77.7 Å². The van der Waals surface area contributed by atoms with Gasteiger partial charge in [-0.25, -0.2) is 4.79 Å². The average molecular weight is 1270 g/mol. The van der Waals surface area contributed by atoms with Crippen LogP contribution in [0.2, 0.25) is 0 Å². The molecule has 0 unspecified atom stereocenters. The Hall–Kier alpha value is -9.34. The fourth-order valence-corrected chi connectivity index (χ4v) is 10.9. The monoisotopic (exact) mass is 1270 g/mol. The van der Waals surface area contributed by atoms with Crippen molar-refractivity contribution in [2.24, 2.45) is 11.7 Å². The fourth-order valence-electron chi connectivity index (χ4n) is 10.9. The van der Waals surface area contributed by atoms with Crippen LogP contribution in [0.4, 0.5) is 0 Å². The predicted molar refractivity (Wildman–Crippen MR) is 319 cm³/mol. The molecule has 91 heavy (non-hydrogen) atoms. The van der Waals surface area contributed by atoms with Crippen molar-refractivity contribution in [1.82, 2.24) is 62.3 Å². The summed E-state index contributed by atoms with van der Waals surface area (Å²) >= 11 is 0. The lowest BCUT2D eigenvalue weighted by Crippen LogP contribution is -2.64. The summed E-state index contributed by atoms with van der Waals surface area (Å²) in [5, 5.41) is 85.0. The molecule has 2 aromatic carbocycles. The molecule has 15 atom stereocenters. The van der Waals surface area contributed by atoms with Gasteiger partial charge in [-0.05, 0) is 63.3 Å². The van der Waals surface area contributed by atoms with Gasteiger partial charge in [0, 0.05) is 58.8 Å². The number of ether oxygens (including phenoxy) is 1. The van der Waals surface area contributed by atoms with E-state index >= 15 is 14.4 Å². The van der Waals surface area contributed by atoms with Crippen LogP contribution in [0.3, 0.4) is 0 Å². The Bertz CT molecular complexity index is 3460. The van der Waals surface area contributed by atoms with E-state index in [9.17, 15) is 73.8 Å². The van der Waals surface area contributed by atoms with Crippen LogP contribution in [-0.2, 0) is 62.3 Å². The zero-order valence-corrected chi connectivity index (χ0v) is 50.5. The number of H-pyrrole nitrogens is 2. The van der Waals surface area contributed by atoms with Crippen molar-refractivity contribution in [1.29, 1.82) is 0 Å². The number of carbonyl (C=O) groups excluding carboxylic acids is 11. The smallest absolute Gasteiger partial charge is 0.331 e. The number of fused-ring (bicyclic) bond motifs is 4. The van der Waals surface area contributed by atoms with Crippen LogP contribution < -0.4 is 48.3 Å². The maximum Gasteiger partial charge on any atom is 0.331 e. The van der Waals surface area contributed by atoms with E-state index in [4.69, 9.17) is 10.5 Å². The molecule has 0 spiro atoms. The molecule has 5 heterocycles. The first-order valence-corrected chi connectivity index (χ1v) is 29.4. The summed E-state index contributed by atoms with van der Waals surface area (Å²) in [4.78, 5) is 176. The van der Waals surface area contributed by atoms with Crippen molar-refractivity contribution in [3.8, 4) is 0 Å². The molecular weight excluding hydrogens is 1190 g/mol. The Morgan fingerprint density at radius 1 is 0.736 bits per heavy atom. The Morgan fingerprint density at radius 2 is 1.33 bits per heavy atom. The summed E-state index contributed by atoms with van der Waals surface area (Å²) in [6.45, 7) is 5.13. The van der Waals surface area contributed by atoms with E-state index in [1.165, 1.54) is 26.1 Å². The van der Waals surface area contributed by atoms with E-state index < -0.39 is 200 Å². The van der Waals surface area contributed by atoms with Crippen molar-refractivity contribution in [2.75, 3.05) is 26.2 Å². The molecule has 492 valence electrons. The quantitative estimate of drug-likeness (QED) is 0.0440. The second kappa shape index (κ2) is 30.0. The Morgan fingerprint density at radius 3 is 1.97 bits per heavy atom. The molecule has 3 fully saturated rings. The molecule has 10 amide bonds. The van der Waals surface area contributed by atoms with Gasteiger partial charge in [-0.3, -0.25) is 52.7 Å². The number of amides is 10. The largest absolute Gasteiger partial charge is 0.480 e. The van der Waals surface area contributed by atoms with Crippen LogP contribution in [0.1, 0.15) is 77.8 Å². The number of esters is 1. The molecule has 32 heteroatoms. The number of para-hydroxylation sites is 2. The van der Waals surface area contributed by atoms with E-state index in [-0.39, 0.29) is 19.4 Å². The van der Waals surface area contributed by atoms with Gasteiger partial charge in [-0.2, -0.15) is 0 Å². The Labute approximate surface area is 519 Å². The fraction of sp³-hybridized carbons (Fsp3) is 0.492. The number of hydrogen-bond acceptors (Lipinski definition) is 19. The van der Waals surface area contributed by atoms with Crippen molar-refractivity contribution >= 4 is 98.9 Å². The third kappa shape index (κ3) is 16.2. The molecule has 3 aliphatic rings. The number of aliphatic hydroxyl groups excluding tert-OH is 5. The minimum absolute atomic E-state index is 0.153. The van der Waals surface area contributed by atoms with Gasteiger partial charge in [0.25, 0.3) is 5.91 Å². The summed E-state index contributed by atoms with van der Waals surface area (Å²) in [6, 6.07) is -2.95. The number of nitrogens with zero attached hydrogens (tertiary/aromatic N) is 2. The number of carboxylic acid groups (broad SMARTS) is 1. The lowest BCUT2D eigenvalue weighted by atomic mass is 9.91. The van der Waals surface area contributed by atoms with E-state index in [1.807, 2.05) is 0 Å². The number of hydrogen-bond donors (Lipinski definition) is 17. The highest BCUT2D eigenvalue weighted by Crippen LogP contribution is 2.30. The van der Waals surface area contributed by atoms with E-state index in [1.54, 1.807) is 61.7 Å². The average Bonchev–Trinajstić information content (AvgIpc) is 2.13. The highest BCUT2D eigenvalue weighted by molar-refractivity contribution is 6.07. The van der Waals surface area contributed by atoms with Gasteiger partial charge < -0.3 is 103 Å². The normalized spacial score (nSPS) is 27.0. The zero-order valence-electron chi connectivity index (χ0n) is 50.5. The number of benzene rings is 2. The summed E-state index contributed by atoms with van der Waals surface area (Å²) in [5.74, 6) is -16.5. The summed E-state index contributed by atoms with van der Waals surface area (Å²) in [6.07, 6.45) is -5.75. The first-order chi connectivity index (χ1) is 43.0. The number of aliphatic hydroxyl groups is 5. The number of nitrogens with one attached hydrogen (secondary N) is 10. The van der Waals surface area contributed by atoms with Gasteiger partial charge in [0.15, 0.2) is 6.04 Å². The minimum Gasteiger partial charge on any atom is -0.480 e. The van der Waals surface area contributed by atoms with Gasteiger partial charge in [0.1, 0.15) is 60.1 Å². The lowest BCUT2D eigenvalue weighted by molar-refractivity contribution is -0.164. The van der Waals surface area contributed by atoms with Crippen molar-refractivity contribution in [2.45, 2.75) is 152 Å². The van der Waals surface area contributed by atoms with E-state index in [0.29, 0.717) is 32.9 Å². The standard InChI is InChI=1S/C59H77N13O19/c1-25(2)49(79)46-57(87)72-18-16-40(76)48(72)59(90)91-29(6)45(69-52(82)38(24-73)65-41(77)20-34(60)58(88)89)55(85)68-44(28(5)74)54(84)64-27(4)50(80)63-23-42(78)71-17-15-39(75)47(71)56(86)66-37(19-30-21-61-35-13-9-7-11-31(30)35)51(81)67-43(53(83)70-46)26(3)33-22-62-36-14-10-8-12-32(33)36/h7-14,19,21-22,25-29,34,38-40,43-49,61-62,73-76,79H,15-18,20,23-24,60H2,1-6H3,(H,63,80)(H,64,84)(H,65,77)(H,66,86)(H,67,81)(H,68,85)(H,69,82)(H,70,83)(H,88,89)/t26-,27-,28-,29+,34-,38-,39-,40+,43-,44-,45-,46-,47-,48-,49-/m0/s1. The van der Waals surface area contributed by atoms with Crippen LogP contribution >= 0.6 is 0 Å². The Balaban J connectivity index is 1.31. The molecule has 32 nitrogen and oxygen atoms in total. The number of cyclic esters (lactones) is 1. The van der Waals surface area contributed by atoms with Gasteiger partial charge in [0.2, 0.25) is 53.2 Å². The molecule has 7 rings (SSSR count). The van der Waals surface area contributed by atoms with E-state index in [0.717, 1.165) is 30.6 Å². The number of aromatic nitrogens is 2. The summed E-state index contributed by atoms with van der Waals surface area (Å²) in [7, 11) is 0. The van der Waals surface area contributed by atoms with Crippen LogP contribution in [0, 0.1) is 5.92 Å². The predicted octanol–water partition coefficient (Wildman–Crippen LogP) is -4.98. The van der Waals surface area contributed by atoms with Crippen molar-refractivity contribution in [3.63, 3.8) is 0 Å². The third-order valence-corrected chi connectivity index (χ3v) is 16.2. The summed E-state index contributed by atoms with van der Waals surface area (Å²) < 4.78 is 5.70. The molecule has 4 aromatic rings. The maximum atomic E-state index is 15.3. The lowest BCUT2D eigenvalue weighted by Gasteiger charge is -2.35. The SMILES string of the molecule is CC(C)[C@H](O)[C@@H]1NC(=O)[C@H]([C@@H](C)c2c[nH]c3ccccc23)NC(=O)C(=Cc2c[nH]c3ccccc23)NC(=O)[C@@H]2[C@@H](O)CCN2C(=O)CNC(=O)[C@H](C)NC(=O)[C@H]([C@H](C)O)NC(=O)[C@@H](NC(=O)[C@H](CO)NC(=O)C[C@H](N)C(=O)O)[C@@H](C)OC(=O)[C@@H]2[C@H](O)CCN2C1=O. The molecule has 0 saturated carbocycles. The molecule has 0 bridgehead atoms. The molecule has 3 aliphatic heterocycles. The number of carbonyl (C=O) groups is 12. The topological polar surface area (TPSA) is 496 Å². The molecule has 0 aliphatic carbocycles. The van der Waals surface area contributed by atoms with Crippen LogP contribution in [0.15, 0.2) is 66.6 Å². The van der Waals surface area contributed by atoms with E-state index in [2.05, 4.69) is 52.5 Å². The van der Waals surface area contributed by atoms with Crippen LogP contribution in [0.25, 0.3) is 27.9 Å². The first kappa shape index (κ1) is 69.1. The van der Waals surface area contributed by atoms with Gasteiger partial charge >= 0.3 is 11.9 Å². The second-order valence-electron chi connectivity index (χ2n) is 23.1. The Kier molecular flexibility index (Phi) is 22.8. The number of nitrogens with two attached hydrogens (primary N) is 1. The van der Waals surface area contributed by atoms with Crippen LogP contribution in [-0.4, -0.2) is 233 Å². The molecule has 2 aromatic heterocycles. The molecule has 0 radical (unpaired) electrons. The van der Waals surface area contributed by atoms with Gasteiger partial charge in [-0.15, -0.1) is 0 Å². The number of aliphatic carboxylic acids is 1. The number of aromatic amines is 2. The minimum atomic E-state index is -2.19. The second-order valence-corrected chi connectivity index (χ2v) is 23.1. The highest BCUT2D eigenvalue weighted by atomic mass is 16.5. The third-order valence-electron chi connectivity index (χ3n) is 16.2. The van der Waals surface area contributed by atoms with Gasteiger partial charge in [-0.1, -0.05) is 57.2 Å².